The van der Waals surface area contributed by atoms with E-state index in [1.807, 2.05) is 0 Å². The largest absolute Gasteiger partial charge is 0.463 e. The third-order valence-electron chi connectivity index (χ3n) is 27.2. The molecule has 0 saturated carbocycles. The van der Waals surface area contributed by atoms with Crippen molar-refractivity contribution < 1.29 is 40.7 Å². The molecule has 0 radical (unpaired) electrons. The Morgan fingerprint density at radius 1 is 0.241 bits per heavy atom. The average molecular weight is 1890 g/mol. The van der Waals surface area contributed by atoms with E-state index >= 15 is 0 Å². The van der Waals surface area contributed by atoms with E-state index in [4.69, 9.17) is 40.7 Å². The highest BCUT2D eigenvalue weighted by Gasteiger charge is 2.35. The van der Waals surface area contributed by atoms with Crippen LogP contribution in [-0.4, -0.2) is 19.8 Å². The van der Waals surface area contributed by atoms with Gasteiger partial charge in [0.1, 0.15) is 34.5 Å². The Hall–Kier alpha value is -4.71. The lowest BCUT2D eigenvalue weighted by Crippen LogP contribution is -2.19. The quantitative estimate of drug-likeness (QED) is 0.0274. The first kappa shape index (κ1) is 117. The van der Waals surface area contributed by atoms with Gasteiger partial charge in [0.05, 0.1) is 19.8 Å². The molecule has 752 valence electrons. The van der Waals surface area contributed by atoms with Gasteiger partial charge in [-0.05, 0) is 212 Å². The Balaban J connectivity index is 1.45. The fraction of sp³-hybridized carbons (Fsp3) is 0.702. The van der Waals surface area contributed by atoms with Crippen LogP contribution >= 0.6 is 25.8 Å². The van der Waals surface area contributed by atoms with E-state index in [1.165, 1.54) is 347 Å². The summed E-state index contributed by atoms with van der Waals surface area (Å²) in [5.41, 5.74) is 13.7. The standard InChI is InChI=1S/C121H199O9P3/c1-20-26-32-38-44-47-50-53-56-59-65-71-86-122-131(125-106-83-74-80-103(93-106)77-68-62-41-35-29-23-4)128-116-90-100(8)109(96-113(116)119(11,12)13)99(7)89-112(110-97-114(120(14,15)16)117(91-101(110)9)129-132(123-87-72-66-60-57-54-51-48-45-39-33-27-21-2)126-107-84-75-81-104(94-107)78-69-63-42-36-30-24-5)111-98-115(121(17,18)19)118(92-102(111)10)130-133(124-88-73-67-61-58-55-52-49-46-40-34-28-22-3)127-108-85-76-82-105(95-108)79-70-64-43-37-31-25-6/h74-76,80-85,90-99,112H,20-73,77-79,86-89H2,1-19H3. The number of hydrogen-bond donors (Lipinski definition) is 0. The molecular formula is C121H199O9P3. The Bertz CT molecular complexity index is 3780. The Kier molecular flexibility index (Phi) is 61.6. The van der Waals surface area contributed by atoms with Gasteiger partial charge in [0.25, 0.3) is 0 Å². The zero-order valence-electron chi connectivity index (χ0n) is 89.2. The maximum Gasteiger partial charge on any atom is 0.463 e. The highest BCUT2D eigenvalue weighted by atomic mass is 31.2. The van der Waals surface area contributed by atoms with Gasteiger partial charge in [-0.3, -0.25) is 13.6 Å². The zero-order chi connectivity index (χ0) is 96.0. The predicted molar refractivity (Wildman–Crippen MR) is 581 cm³/mol. The molecule has 0 saturated heterocycles. The van der Waals surface area contributed by atoms with Crippen LogP contribution in [-0.2, 0) is 49.1 Å². The molecule has 6 rings (SSSR count). The maximum absolute atomic E-state index is 7.41. The van der Waals surface area contributed by atoms with Crippen LogP contribution in [0, 0.1) is 20.8 Å². The molecule has 0 aromatic heterocycles. The van der Waals surface area contributed by atoms with Gasteiger partial charge in [0.15, 0.2) is 0 Å². The highest BCUT2D eigenvalue weighted by Crippen LogP contribution is 2.53. The fourth-order valence-electron chi connectivity index (χ4n) is 18.8. The van der Waals surface area contributed by atoms with Gasteiger partial charge in [-0.15, -0.1) is 0 Å². The van der Waals surface area contributed by atoms with Crippen molar-refractivity contribution >= 4 is 25.8 Å². The molecular weight excluding hydrogens is 1690 g/mol. The summed E-state index contributed by atoms with van der Waals surface area (Å²) in [6.45, 7) is 45.9. The van der Waals surface area contributed by atoms with Crippen LogP contribution in [0.3, 0.4) is 0 Å². The summed E-state index contributed by atoms with van der Waals surface area (Å²) < 4.78 is 64.1. The summed E-state index contributed by atoms with van der Waals surface area (Å²) in [5.74, 6) is 4.87. The normalized spacial score (nSPS) is 13.2. The van der Waals surface area contributed by atoms with Gasteiger partial charge in [0.2, 0.25) is 0 Å². The van der Waals surface area contributed by atoms with E-state index in [2.05, 4.69) is 241 Å². The second-order valence-electron chi connectivity index (χ2n) is 42.9. The Morgan fingerprint density at radius 2 is 0.451 bits per heavy atom. The first-order valence-electron chi connectivity index (χ1n) is 55.5. The van der Waals surface area contributed by atoms with Crippen molar-refractivity contribution in [2.24, 2.45) is 0 Å². The van der Waals surface area contributed by atoms with Crippen molar-refractivity contribution in [1.82, 2.24) is 0 Å². The molecule has 0 aliphatic carbocycles. The van der Waals surface area contributed by atoms with Crippen LogP contribution in [0.25, 0.3) is 0 Å². The van der Waals surface area contributed by atoms with Gasteiger partial charge in [-0.1, -0.05) is 474 Å². The molecule has 0 spiro atoms. The van der Waals surface area contributed by atoms with E-state index < -0.39 is 25.8 Å². The topological polar surface area (TPSA) is 83.1 Å². The summed E-state index contributed by atoms with van der Waals surface area (Å²) in [6, 6.07) is 40.7. The molecule has 0 bridgehead atoms. The van der Waals surface area contributed by atoms with Gasteiger partial charge in [0, 0.05) is 22.6 Å². The molecule has 9 nitrogen and oxygen atoms in total. The second-order valence-corrected chi connectivity index (χ2v) is 46.1. The predicted octanol–water partition coefficient (Wildman–Crippen LogP) is 41.7. The summed E-state index contributed by atoms with van der Waals surface area (Å²) in [4.78, 5) is 0. The van der Waals surface area contributed by atoms with Crippen LogP contribution in [0.1, 0.15) is 543 Å². The zero-order valence-corrected chi connectivity index (χ0v) is 91.9. The molecule has 12 heteroatoms. The molecule has 0 N–H and O–H groups in total. The molecule has 0 fully saturated rings. The Morgan fingerprint density at radius 3 is 0.684 bits per heavy atom. The molecule has 0 aliphatic rings. The summed E-state index contributed by atoms with van der Waals surface area (Å²) in [5, 5.41) is 0. The van der Waals surface area contributed by atoms with Crippen LogP contribution in [0.15, 0.2) is 109 Å². The molecule has 0 heterocycles. The SMILES string of the molecule is CCCCCCCCCCCCCCOP(Oc1cccc(CCCCCCCC)c1)Oc1cc(C)c(C(C)CC(c2cc(C(C)(C)C)c(OP(OCCCCCCCCCCCCCC)Oc3cccc(CCCCCCCC)c3)cc2C)c2cc(C(C)(C)C)c(OP(OCCCCCCCCCCCCCC)Oc3cccc(CCCCCCCC)c3)cc2C)cc1C(C)(C)C. The lowest BCUT2D eigenvalue weighted by Gasteiger charge is -2.33. The minimum Gasteiger partial charge on any atom is -0.418 e. The van der Waals surface area contributed by atoms with Crippen LogP contribution < -0.4 is 27.1 Å². The monoisotopic (exact) mass is 1890 g/mol. The van der Waals surface area contributed by atoms with Crippen molar-refractivity contribution in [3.05, 3.63) is 176 Å². The van der Waals surface area contributed by atoms with Crippen molar-refractivity contribution in [2.75, 3.05) is 19.8 Å². The van der Waals surface area contributed by atoms with Crippen molar-refractivity contribution in [3.8, 4) is 34.5 Å². The number of rotatable bonds is 80. The minimum absolute atomic E-state index is 0.0784. The van der Waals surface area contributed by atoms with Crippen molar-refractivity contribution in [1.29, 1.82) is 0 Å². The lowest BCUT2D eigenvalue weighted by molar-refractivity contribution is 0.256. The summed E-state index contributed by atoms with van der Waals surface area (Å²) >= 11 is 0. The van der Waals surface area contributed by atoms with Crippen molar-refractivity contribution in [3.63, 3.8) is 0 Å². The first-order chi connectivity index (χ1) is 64.4. The molecule has 4 unspecified atom stereocenters. The molecule has 6 aromatic rings. The fourth-order valence-corrected chi connectivity index (χ4v) is 21.9. The summed E-state index contributed by atoms with van der Waals surface area (Å²) in [6.07, 6.45) is 72.9. The smallest absolute Gasteiger partial charge is 0.418 e. The molecule has 6 aromatic carbocycles. The molecule has 0 amide bonds. The number of benzene rings is 6. The van der Waals surface area contributed by atoms with Crippen LogP contribution in [0.2, 0.25) is 0 Å². The third kappa shape index (κ3) is 49.8. The molecule has 0 aliphatic heterocycles. The van der Waals surface area contributed by atoms with E-state index in [9.17, 15) is 0 Å². The van der Waals surface area contributed by atoms with Gasteiger partial charge < -0.3 is 27.1 Å². The van der Waals surface area contributed by atoms with Crippen LogP contribution in [0.4, 0.5) is 0 Å². The first-order valence-corrected chi connectivity index (χ1v) is 58.8. The van der Waals surface area contributed by atoms with Gasteiger partial charge >= 0.3 is 25.8 Å². The van der Waals surface area contributed by atoms with E-state index in [0.717, 1.165) is 127 Å². The lowest BCUT2D eigenvalue weighted by atomic mass is 9.74. The Labute approximate surface area is 823 Å². The number of aryl methyl sites for hydroxylation is 6. The van der Waals surface area contributed by atoms with E-state index in [-0.39, 0.29) is 28.1 Å². The average Bonchev–Trinajstić information content (AvgIpc) is 0.756. The van der Waals surface area contributed by atoms with E-state index in [0.29, 0.717) is 19.8 Å². The number of unbranched alkanes of at least 4 members (excludes halogenated alkanes) is 48. The second kappa shape index (κ2) is 70.0. The highest BCUT2D eigenvalue weighted by molar-refractivity contribution is 7.43. The third-order valence-corrected chi connectivity index (χ3v) is 30.5. The van der Waals surface area contributed by atoms with Gasteiger partial charge in [-0.25, -0.2) is 0 Å². The van der Waals surface area contributed by atoms with Gasteiger partial charge in [-0.2, -0.15) is 0 Å². The van der Waals surface area contributed by atoms with Crippen molar-refractivity contribution in [2.45, 2.75) is 532 Å². The minimum atomic E-state index is -1.86. The van der Waals surface area contributed by atoms with Crippen LogP contribution in [0.5, 0.6) is 34.5 Å². The van der Waals surface area contributed by atoms with E-state index in [1.54, 1.807) is 0 Å². The maximum atomic E-state index is 7.41. The number of hydrogen-bond acceptors (Lipinski definition) is 9. The summed E-state index contributed by atoms with van der Waals surface area (Å²) in [7, 11) is -5.54. The molecule has 133 heavy (non-hydrogen) atoms. The molecule has 4 atom stereocenters.